The Morgan fingerprint density at radius 2 is 1.95 bits per heavy atom. The van der Waals surface area contributed by atoms with Crippen LogP contribution in [0, 0.1) is 11.6 Å². The van der Waals surface area contributed by atoms with Crippen molar-refractivity contribution in [2.75, 3.05) is 0 Å². The highest BCUT2D eigenvalue weighted by molar-refractivity contribution is 5.23. The molecule has 0 radical (unpaired) electrons. The lowest BCUT2D eigenvalue weighted by Gasteiger charge is -2.12. The quantitative estimate of drug-likeness (QED) is 0.923. The first kappa shape index (κ1) is 13.7. The highest BCUT2D eigenvalue weighted by Crippen LogP contribution is 2.22. The number of hydrogen-bond acceptors (Lipinski definition) is 2. The van der Waals surface area contributed by atoms with Gasteiger partial charge in [0.05, 0.1) is 17.5 Å². The van der Waals surface area contributed by atoms with Gasteiger partial charge in [-0.25, -0.2) is 8.78 Å². The fourth-order valence-corrected chi connectivity index (χ4v) is 2.05. The number of aromatic nitrogens is 2. The summed E-state index contributed by atoms with van der Waals surface area (Å²) in [5.74, 6) is -1.28. The molecular weight excluding hydrogens is 250 g/mol. The molecule has 19 heavy (non-hydrogen) atoms. The predicted molar refractivity (Wildman–Crippen MR) is 67.6 cm³/mol. The molecule has 0 amide bonds. The molecule has 0 saturated heterocycles. The third-order valence-corrected chi connectivity index (χ3v) is 3.13. The van der Waals surface area contributed by atoms with Gasteiger partial charge in [0.15, 0.2) is 0 Å². The van der Waals surface area contributed by atoms with Crippen LogP contribution in [0.25, 0.3) is 0 Å². The van der Waals surface area contributed by atoms with E-state index >= 15 is 0 Å². The molecule has 102 valence electrons. The van der Waals surface area contributed by atoms with Gasteiger partial charge in [-0.3, -0.25) is 4.68 Å². The van der Waals surface area contributed by atoms with E-state index in [0.717, 1.165) is 12.1 Å². The van der Waals surface area contributed by atoms with E-state index in [2.05, 4.69) is 5.10 Å². The van der Waals surface area contributed by atoms with Crippen molar-refractivity contribution < 1.29 is 13.9 Å². The molecule has 0 saturated carbocycles. The van der Waals surface area contributed by atoms with Crippen LogP contribution < -0.4 is 0 Å². The third-order valence-electron chi connectivity index (χ3n) is 3.13. The molecular formula is C14H16F2N2O. The molecule has 0 spiro atoms. The zero-order chi connectivity index (χ0) is 14.0. The van der Waals surface area contributed by atoms with E-state index in [1.165, 1.54) is 18.2 Å². The SMILES string of the molecule is CCc1cc(C(O)Cc2c(F)cccc2F)n(C)n1. The van der Waals surface area contributed by atoms with Crippen LogP contribution in [0.15, 0.2) is 24.3 Å². The summed E-state index contributed by atoms with van der Waals surface area (Å²) in [7, 11) is 1.70. The van der Waals surface area contributed by atoms with Gasteiger partial charge < -0.3 is 5.11 Å². The fraction of sp³-hybridized carbons (Fsp3) is 0.357. The predicted octanol–water partition coefficient (Wildman–Crippen LogP) is 2.54. The van der Waals surface area contributed by atoms with Gasteiger partial charge in [0.2, 0.25) is 0 Å². The molecule has 0 aliphatic carbocycles. The minimum atomic E-state index is -0.982. The number of nitrogens with zero attached hydrogens (tertiary/aromatic N) is 2. The molecule has 1 aromatic carbocycles. The van der Waals surface area contributed by atoms with Gasteiger partial charge in [0.1, 0.15) is 11.6 Å². The van der Waals surface area contributed by atoms with Crippen LogP contribution in [-0.4, -0.2) is 14.9 Å². The van der Waals surface area contributed by atoms with Crippen LogP contribution in [0.4, 0.5) is 8.78 Å². The van der Waals surface area contributed by atoms with Gasteiger partial charge in [-0.15, -0.1) is 0 Å². The van der Waals surface area contributed by atoms with Crippen molar-refractivity contribution in [3.63, 3.8) is 0 Å². The van der Waals surface area contributed by atoms with Crippen LogP contribution in [0.3, 0.4) is 0 Å². The second-order valence-electron chi connectivity index (χ2n) is 4.46. The third kappa shape index (κ3) is 2.81. The van der Waals surface area contributed by atoms with Gasteiger partial charge in [-0.1, -0.05) is 13.0 Å². The maximum absolute atomic E-state index is 13.5. The summed E-state index contributed by atoms with van der Waals surface area (Å²) in [5.41, 5.74) is 1.29. The van der Waals surface area contributed by atoms with Crippen LogP contribution >= 0.6 is 0 Å². The Kier molecular flexibility index (Phi) is 3.95. The molecule has 2 aromatic rings. The highest BCUT2D eigenvalue weighted by Gasteiger charge is 2.18. The summed E-state index contributed by atoms with van der Waals surface area (Å²) < 4.78 is 28.6. The molecule has 2 rings (SSSR count). The zero-order valence-corrected chi connectivity index (χ0v) is 10.9. The first-order valence-electron chi connectivity index (χ1n) is 6.16. The molecule has 5 heteroatoms. The summed E-state index contributed by atoms with van der Waals surface area (Å²) in [6.45, 7) is 1.95. The molecule has 1 atom stereocenters. The largest absolute Gasteiger partial charge is 0.386 e. The number of halogens is 2. The number of hydrogen-bond donors (Lipinski definition) is 1. The standard InChI is InChI=1S/C14H16F2N2O/c1-3-9-7-13(18(2)17-9)14(19)8-10-11(15)5-4-6-12(10)16/h4-7,14,19H,3,8H2,1-2H3. The number of rotatable bonds is 4. The minimum Gasteiger partial charge on any atom is -0.386 e. The Bertz CT molecular complexity index is 561. The van der Waals surface area contributed by atoms with E-state index in [-0.39, 0.29) is 12.0 Å². The average molecular weight is 266 g/mol. The Morgan fingerprint density at radius 3 is 2.47 bits per heavy atom. The van der Waals surface area contributed by atoms with E-state index in [0.29, 0.717) is 5.69 Å². The Hall–Kier alpha value is -1.75. The van der Waals surface area contributed by atoms with Crippen LogP contribution in [0.2, 0.25) is 0 Å². The normalized spacial score (nSPS) is 12.7. The maximum atomic E-state index is 13.5. The van der Waals surface area contributed by atoms with Crippen LogP contribution in [-0.2, 0) is 19.9 Å². The fourth-order valence-electron chi connectivity index (χ4n) is 2.05. The maximum Gasteiger partial charge on any atom is 0.129 e. The number of aliphatic hydroxyl groups excluding tert-OH is 1. The summed E-state index contributed by atoms with van der Waals surface area (Å²) in [6, 6.07) is 5.43. The summed E-state index contributed by atoms with van der Waals surface area (Å²) in [6.07, 6.45) is -0.347. The zero-order valence-electron chi connectivity index (χ0n) is 10.9. The van der Waals surface area contributed by atoms with E-state index in [1.807, 2.05) is 6.92 Å². The van der Waals surface area contributed by atoms with Gasteiger partial charge in [0.25, 0.3) is 0 Å². The summed E-state index contributed by atoms with van der Waals surface area (Å²) in [4.78, 5) is 0. The number of aliphatic hydroxyl groups is 1. The molecule has 0 aliphatic rings. The van der Waals surface area contributed by atoms with Crippen molar-refractivity contribution >= 4 is 0 Å². The Labute approximate surface area is 110 Å². The lowest BCUT2D eigenvalue weighted by molar-refractivity contribution is 0.166. The second-order valence-corrected chi connectivity index (χ2v) is 4.46. The first-order valence-corrected chi connectivity index (χ1v) is 6.16. The molecule has 1 aromatic heterocycles. The lowest BCUT2D eigenvalue weighted by atomic mass is 10.0. The van der Waals surface area contributed by atoms with Gasteiger partial charge in [0, 0.05) is 19.0 Å². The lowest BCUT2D eigenvalue weighted by Crippen LogP contribution is -2.10. The first-order chi connectivity index (χ1) is 9.02. The highest BCUT2D eigenvalue weighted by atomic mass is 19.1. The molecule has 1 heterocycles. The average Bonchev–Trinajstić information content (AvgIpc) is 2.75. The minimum absolute atomic E-state index is 0.103. The van der Waals surface area contributed by atoms with E-state index in [1.54, 1.807) is 17.8 Å². The number of aryl methyl sites for hydroxylation is 2. The van der Waals surface area contributed by atoms with Gasteiger partial charge >= 0.3 is 0 Å². The second kappa shape index (κ2) is 5.48. The molecule has 0 aliphatic heterocycles. The summed E-state index contributed by atoms with van der Waals surface area (Å²) >= 11 is 0. The van der Waals surface area contributed by atoms with E-state index in [9.17, 15) is 13.9 Å². The van der Waals surface area contributed by atoms with Crippen molar-refractivity contribution in [1.82, 2.24) is 9.78 Å². The van der Waals surface area contributed by atoms with Crippen molar-refractivity contribution in [2.24, 2.45) is 7.05 Å². The van der Waals surface area contributed by atoms with Crippen molar-refractivity contribution in [2.45, 2.75) is 25.9 Å². The monoisotopic (exact) mass is 266 g/mol. The van der Waals surface area contributed by atoms with Crippen molar-refractivity contribution in [1.29, 1.82) is 0 Å². The molecule has 3 nitrogen and oxygen atoms in total. The van der Waals surface area contributed by atoms with Gasteiger partial charge in [-0.2, -0.15) is 5.10 Å². The van der Waals surface area contributed by atoms with E-state index in [4.69, 9.17) is 0 Å². The van der Waals surface area contributed by atoms with Gasteiger partial charge in [-0.05, 0) is 24.6 Å². The molecule has 1 N–H and O–H groups in total. The Morgan fingerprint density at radius 1 is 1.32 bits per heavy atom. The Balaban J connectivity index is 2.25. The smallest absolute Gasteiger partial charge is 0.129 e. The van der Waals surface area contributed by atoms with Crippen LogP contribution in [0.1, 0.15) is 30.0 Å². The van der Waals surface area contributed by atoms with Crippen LogP contribution in [0.5, 0.6) is 0 Å². The van der Waals surface area contributed by atoms with E-state index < -0.39 is 17.7 Å². The molecule has 0 bridgehead atoms. The topological polar surface area (TPSA) is 38.0 Å². The van der Waals surface area contributed by atoms with Crippen molar-refractivity contribution in [3.05, 3.63) is 52.9 Å². The summed E-state index contributed by atoms with van der Waals surface area (Å²) in [5, 5.41) is 14.3. The van der Waals surface area contributed by atoms with Crippen molar-refractivity contribution in [3.8, 4) is 0 Å². The number of benzene rings is 1. The molecule has 1 unspecified atom stereocenters. The molecule has 0 fully saturated rings.